The summed E-state index contributed by atoms with van der Waals surface area (Å²) in [7, 11) is -4.00. The number of aromatic nitrogens is 1. The number of Topliss-reactive ketones (excluding diaryl/α,β-unsaturated/α-hetero) is 1. The van der Waals surface area contributed by atoms with Crippen LogP contribution in [0.1, 0.15) is 125 Å². The molecule has 382 valence electrons. The number of carbonyl (C=O) groups excluding carboxylic acids is 5. The molecule has 9 rings (SSSR count). The topological polar surface area (TPSA) is 197 Å². The molecule has 0 spiro atoms. The standard InChI is InChI=1S/C53H72N4O12S/c1-9-34-24-53(34,48(61)55-70(63,64)52(8)19-20-52)25-41(58)40-22-35-28-57(40)47(60)38(50(2,3)4)23-43(59)67-42-21-31(42)15-11-10-12-17-37-45(36-16-13-14-18-39(36)54-46(37)66-35)68-44-32-26-56(27-33(44)30-65-29-32)49(62)69-51(5,6)7/h9,13-14,16,18,31-35,38,40,42,44H,1,10-12,15,17,19-30H2,2-8H3,(H,55,61)/t31-,32?,33?,34-,35-,38-,40+,42-,44?,53?/m1/s1. The number of pyridine rings is 1. The zero-order valence-corrected chi connectivity index (χ0v) is 42.8. The van der Waals surface area contributed by atoms with Crippen molar-refractivity contribution in [1.82, 2.24) is 19.5 Å². The van der Waals surface area contributed by atoms with Crippen LogP contribution in [0.25, 0.3) is 10.9 Å². The fraction of sp³-hybridized carbons (Fsp3) is 0.698. The van der Waals surface area contributed by atoms with E-state index >= 15 is 4.79 Å². The molecule has 3 unspecified atom stereocenters. The maximum Gasteiger partial charge on any atom is 0.410 e. The molecule has 16 nitrogen and oxygen atoms in total. The summed E-state index contributed by atoms with van der Waals surface area (Å²) in [5.74, 6) is -2.34. The van der Waals surface area contributed by atoms with Crippen LogP contribution in [0.3, 0.4) is 0 Å². The van der Waals surface area contributed by atoms with E-state index in [1.165, 1.54) is 4.90 Å². The van der Waals surface area contributed by atoms with Gasteiger partial charge in [-0.15, -0.1) is 6.58 Å². The third-order valence-corrected chi connectivity index (χ3v) is 18.2. The Morgan fingerprint density at radius 3 is 2.33 bits per heavy atom. The van der Waals surface area contributed by atoms with Crippen molar-refractivity contribution < 1.29 is 56.1 Å². The van der Waals surface area contributed by atoms with E-state index < -0.39 is 78.7 Å². The first-order valence-corrected chi connectivity index (χ1v) is 27.0. The smallest absolute Gasteiger partial charge is 0.410 e. The maximum atomic E-state index is 15.1. The van der Waals surface area contributed by atoms with E-state index in [4.69, 9.17) is 28.7 Å². The fourth-order valence-electron chi connectivity index (χ4n) is 11.3. The van der Waals surface area contributed by atoms with Gasteiger partial charge in [-0.25, -0.2) is 18.2 Å². The Kier molecular flexibility index (Phi) is 13.4. The van der Waals surface area contributed by atoms with Crippen molar-refractivity contribution in [3.63, 3.8) is 0 Å². The molecular weight excluding hydrogens is 917 g/mol. The van der Waals surface area contributed by atoms with Gasteiger partial charge in [-0.2, -0.15) is 0 Å². The minimum Gasteiger partial charge on any atom is -0.488 e. The number of fused-ring (bicyclic) bond motifs is 7. The second-order valence-electron chi connectivity index (χ2n) is 23.7. The van der Waals surface area contributed by atoms with Crippen LogP contribution < -0.4 is 14.2 Å². The lowest BCUT2D eigenvalue weighted by molar-refractivity contribution is -0.154. The van der Waals surface area contributed by atoms with Crippen LogP contribution in [0.2, 0.25) is 0 Å². The number of hydrogen-bond donors (Lipinski definition) is 1. The van der Waals surface area contributed by atoms with Crippen molar-refractivity contribution in [3.05, 3.63) is 42.5 Å². The number of ketones is 1. The second kappa shape index (κ2) is 18.7. The van der Waals surface area contributed by atoms with Crippen molar-refractivity contribution >= 4 is 50.6 Å². The monoisotopic (exact) mass is 988 g/mol. The van der Waals surface area contributed by atoms with E-state index in [9.17, 15) is 27.6 Å². The average molecular weight is 989 g/mol. The molecule has 7 aliphatic rings. The molecule has 17 heteroatoms. The Morgan fingerprint density at radius 2 is 1.67 bits per heavy atom. The van der Waals surface area contributed by atoms with Gasteiger partial charge in [-0.3, -0.25) is 23.9 Å². The molecule has 3 saturated heterocycles. The fourth-order valence-corrected chi connectivity index (χ4v) is 12.6. The third-order valence-electron chi connectivity index (χ3n) is 16.1. The summed E-state index contributed by atoms with van der Waals surface area (Å²) in [4.78, 5) is 79.4. The van der Waals surface area contributed by atoms with Crippen LogP contribution in [-0.2, 0) is 49.8 Å². The van der Waals surface area contributed by atoms with Gasteiger partial charge < -0.3 is 33.5 Å². The molecular formula is C53H72N4O12S. The van der Waals surface area contributed by atoms with Gasteiger partial charge >= 0.3 is 12.1 Å². The minimum absolute atomic E-state index is 0.00681. The highest BCUT2D eigenvalue weighted by Gasteiger charge is 2.63. The predicted octanol–water partition coefficient (Wildman–Crippen LogP) is 7.09. The zero-order valence-electron chi connectivity index (χ0n) is 42.0. The largest absolute Gasteiger partial charge is 0.488 e. The molecule has 1 aromatic carbocycles. The van der Waals surface area contributed by atoms with E-state index in [-0.39, 0.29) is 68.3 Å². The summed E-state index contributed by atoms with van der Waals surface area (Å²) in [5, 5.41) is 0.815. The van der Waals surface area contributed by atoms with Crippen molar-refractivity contribution in [2.75, 3.05) is 32.8 Å². The lowest BCUT2D eigenvalue weighted by atomic mass is 9.77. The molecule has 4 bridgehead atoms. The van der Waals surface area contributed by atoms with Gasteiger partial charge in [0.05, 0.1) is 59.4 Å². The molecule has 5 heterocycles. The van der Waals surface area contributed by atoms with E-state index in [0.717, 1.165) is 43.1 Å². The first-order chi connectivity index (χ1) is 33.0. The summed E-state index contributed by atoms with van der Waals surface area (Å²) < 4.78 is 59.9. The molecule has 2 aromatic rings. The Balaban J connectivity index is 1.06. The number of hydrogen-bond acceptors (Lipinski definition) is 13. The highest BCUT2D eigenvalue weighted by Crippen LogP contribution is 2.57. The number of para-hydroxylation sites is 1. The van der Waals surface area contributed by atoms with Gasteiger partial charge in [0.25, 0.3) is 0 Å². The number of nitrogens with zero attached hydrogens (tertiary/aromatic N) is 3. The predicted molar refractivity (Wildman–Crippen MR) is 259 cm³/mol. The lowest BCUT2D eigenvalue weighted by Crippen LogP contribution is -2.59. The number of amides is 3. The Morgan fingerprint density at radius 1 is 0.957 bits per heavy atom. The molecule has 1 aromatic heterocycles. The number of likely N-dealkylation sites (tertiary alicyclic amines) is 1. The molecule has 6 fully saturated rings. The summed E-state index contributed by atoms with van der Waals surface area (Å²) in [6.45, 7) is 18.3. The third kappa shape index (κ3) is 10.3. The number of piperidine rings is 1. The summed E-state index contributed by atoms with van der Waals surface area (Å²) in [6, 6.07) is 6.69. The van der Waals surface area contributed by atoms with Gasteiger partial charge in [0.1, 0.15) is 29.7 Å². The molecule has 3 amide bonds. The Bertz CT molecular complexity index is 2520. The summed E-state index contributed by atoms with van der Waals surface area (Å²) in [5.41, 5.74) is -1.29. The maximum absolute atomic E-state index is 15.1. The molecule has 3 aliphatic carbocycles. The van der Waals surface area contributed by atoms with Crippen LogP contribution in [0.5, 0.6) is 11.6 Å². The SMILES string of the molecule is C=C[C@@H]1CC1(CC(=O)[C@@H]1C[C@@H]2CN1C(=O)[C@H](C(C)(C)C)CC(=O)O[C@@H]1C[C@H]1CCCCCc1c(nc3ccccc3c1OC1C3COCC1CN(C(=O)OC(C)(C)C)C3)O2)C(=O)NS(=O)(=O)C1(C)CC1. The lowest BCUT2D eigenvalue weighted by Gasteiger charge is -2.46. The van der Waals surface area contributed by atoms with Crippen molar-refractivity contribution in [2.45, 2.75) is 160 Å². The number of sulfonamides is 1. The highest BCUT2D eigenvalue weighted by atomic mass is 32.2. The van der Waals surface area contributed by atoms with E-state index in [1.807, 2.05) is 65.8 Å². The van der Waals surface area contributed by atoms with E-state index in [1.54, 1.807) is 17.9 Å². The second-order valence-corrected chi connectivity index (χ2v) is 25.9. The number of benzene rings is 1. The van der Waals surface area contributed by atoms with Gasteiger partial charge in [0, 0.05) is 43.2 Å². The molecule has 1 N–H and O–H groups in total. The number of rotatable bonds is 9. The Hall–Kier alpha value is -4.77. The van der Waals surface area contributed by atoms with Crippen molar-refractivity contribution in [1.29, 1.82) is 0 Å². The number of ether oxygens (including phenoxy) is 5. The minimum atomic E-state index is -4.00. The quantitative estimate of drug-likeness (QED) is 0.198. The van der Waals surface area contributed by atoms with Gasteiger partial charge in [-0.1, -0.05) is 51.8 Å². The number of esters is 1. The van der Waals surface area contributed by atoms with Crippen LogP contribution in [0.4, 0.5) is 4.79 Å². The number of allylic oxidation sites excluding steroid dienone is 1. The van der Waals surface area contributed by atoms with Crippen LogP contribution in [-0.4, -0.2) is 120 Å². The van der Waals surface area contributed by atoms with Crippen LogP contribution in [0.15, 0.2) is 36.9 Å². The first-order valence-electron chi connectivity index (χ1n) is 25.5. The number of carbonyl (C=O) groups is 5. The summed E-state index contributed by atoms with van der Waals surface area (Å²) >= 11 is 0. The van der Waals surface area contributed by atoms with Gasteiger partial charge in [0.2, 0.25) is 27.7 Å². The normalized spacial score (nSPS) is 32.2. The first kappa shape index (κ1) is 50.2. The van der Waals surface area contributed by atoms with Crippen LogP contribution >= 0.6 is 0 Å². The summed E-state index contributed by atoms with van der Waals surface area (Å²) in [6.07, 6.45) is 5.51. The molecule has 4 aliphatic heterocycles. The average Bonchev–Trinajstić information content (AvgIpc) is 4.24. The molecule has 3 saturated carbocycles. The van der Waals surface area contributed by atoms with E-state index in [2.05, 4.69) is 11.3 Å². The van der Waals surface area contributed by atoms with Gasteiger partial charge in [0.15, 0.2) is 5.78 Å². The molecule has 9 atom stereocenters. The van der Waals surface area contributed by atoms with E-state index in [0.29, 0.717) is 62.7 Å². The number of nitrogens with one attached hydrogen (secondary N) is 1. The Labute approximate surface area is 412 Å². The van der Waals surface area contributed by atoms with Crippen molar-refractivity contribution in [2.24, 2.45) is 40.4 Å². The van der Waals surface area contributed by atoms with Gasteiger partial charge in [-0.05, 0) is 102 Å². The highest BCUT2D eigenvalue weighted by molar-refractivity contribution is 7.91. The molecule has 0 radical (unpaired) electrons. The zero-order chi connectivity index (χ0) is 50.1. The van der Waals surface area contributed by atoms with Crippen molar-refractivity contribution in [3.8, 4) is 11.6 Å². The van der Waals surface area contributed by atoms with Crippen LogP contribution in [0, 0.1) is 40.4 Å². The molecule has 70 heavy (non-hydrogen) atoms.